The summed E-state index contributed by atoms with van der Waals surface area (Å²) in [6.07, 6.45) is 6.26. The van der Waals surface area contributed by atoms with Crippen LogP contribution in [0.1, 0.15) is 90.9 Å². The molecule has 11 nitrogen and oxygen atoms in total. The summed E-state index contributed by atoms with van der Waals surface area (Å²) in [6.45, 7) is 2.29. The lowest BCUT2D eigenvalue weighted by molar-refractivity contribution is -0.160. The summed E-state index contributed by atoms with van der Waals surface area (Å²) in [5, 5.41) is 24.5. The number of carbonyl (C=O) groups is 2. The minimum absolute atomic E-state index is 0.0857. The SMILES string of the molecule is COc1nc(-c2cccc(-c3cccc4c3CC[C@@H]4Oc3nc(OCc4cc(Cl)cc(C#N)c4)c(CN4CC5(C(=O)O)CCC4CC5)cc3Cl)c2Cl)ccc1CNC[C@@H]1CCC(=O)C1. The van der Waals surface area contributed by atoms with Crippen molar-refractivity contribution in [2.24, 2.45) is 11.3 Å². The molecule has 64 heavy (non-hydrogen) atoms. The number of aromatic nitrogens is 2. The number of carboxylic acid groups (broad SMARTS) is 1. The van der Waals surface area contributed by atoms with E-state index in [9.17, 15) is 20.0 Å². The van der Waals surface area contributed by atoms with Gasteiger partial charge >= 0.3 is 5.97 Å². The maximum Gasteiger partial charge on any atom is 0.310 e. The van der Waals surface area contributed by atoms with Gasteiger partial charge in [-0.2, -0.15) is 10.2 Å². The van der Waals surface area contributed by atoms with Crippen molar-refractivity contribution < 1.29 is 28.9 Å². The van der Waals surface area contributed by atoms with Gasteiger partial charge in [0.2, 0.25) is 17.6 Å². The molecule has 2 atom stereocenters. The second kappa shape index (κ2) is 18.7. The monoisotopic (exact) mass is 919 g/mol. The number of ketones is 1. The number of methoxy groups -OCH3 is 1. The quantitative estimate of drug-likeness (QED) is 0.103. The average Bonchev–Trinajstić information content (AvgIpc) is 3.92. The molecule has 2 aliphatic heterocycles. The van der Waals surface area contributed by atoms with Crippen LogP contribution in [0.25, 0.3) is 22.4 Å². The van der Waals surface area contributed by atoms with Crippen LogP contribution in [0.15, 0.2) is 72.8 Å². The smallest absolute Gasteiger partial charge is 0.310 e. The van der Waals surface area contributed by atoms with Gasteiger partial charge in [0.25, 0.3) is 0 Å². The van der Waals surface area contributed by atoms with Crippen molar-refractivity contribution in [2.75, 3.05) is 20.2 Å². The highest BCUT2D eigenvalue weighted by Gasteiger charge is 2.49. The number of carbonyl (C=O) groups excluding carboxylic acids is 1. The van der Waals surface area contributed by atoms with E-state index in [-0.39, 0.29) is 24.6 Å². The largest absolute Gasteiger partial charge is 0.481 e. The first-order valence-electron chi connectivity index (χ1n) is 21.8. The van der Waals surface area contributed by atoms with E-state index < -0.39 is 11.4 Å². The highest BCUT2D eigenvalue weighted by Crippen LogP contribution is 2.47. The summed E-state index contributed by atoms with van der Waals surface area (Å²) >= 11 is 20.6. The van der Waals surface area contributed by atoms with Crippen LogP contribution >= 0.6 is 34.8 Å². The second-order valence-corrected chi connectivity index (χ2v) is 18.8. The molecular weight excluding hydrogens is 873 g/mol. The van der Waals surface area contributed by atoms with E-state index in [1.54, 1.807) is 25.3 Å². The number of nitrogens with one attached hydrogen (secondary N) is 1. The molecule has 0 radical (unpaired) electrons. The molecule has 14 heteroatoms. The summed E-state index contributed by atoms with van der Waals surface area (Å²) in [6, 6.07) is 25.4. The standard InChI is InChI=1S/C50H48Cl3N5O6/c1-62-46-32(25-55-24-29-8-10-36(59)21-29)9-12-43(56-46)41-7-3-6-40(45(41)53)37-4-2-5-39-38(37)11-13-44(39)64-48-42(52)22-33(26-58-28-50(49(60)61)16-14-35(58)15-17-50)47(57-48)63-27-31-18-30(23-54)19-34(51)20-31/h2-7,9,12,18-20,22,29,35,44,55H,8,10-11,13-17,21,24-28H2,1H3,(H,60,61)/t29-,35?,44+,50?/m1/s1. The van der Waals surface area contributed by atoms with Gasteiger partial charge in [0.15, 0.2) is 0 Å². The summed E-state index contributed by atoms with van der Waals surface area (Å²) in [5.74, 6) is 1.02. The second-order valence-electron chi connectivity index (χ2n) is 17.5. The first-order chi connectivity index (χ1) is 31.0. The number of hydrogen-bond acceptors (Lipinski definition) is 10. The molecule has 3 aliphatic carbocycles. The van der Waals surface area contributed by atoms with Crippen molar-refractivity contribution in [3.8, 4) is 46.1 Å². The average molecular weight is 921 g/mol. The Morgan fingerprint density at radius 3 is 2.48 bits per heavy atom. The van der Waals surface area contributed by atoms with Gasteiger partial charge < -0.3 is 24.6 Å². The van der Waals surface area contributed by atoms with Crippen LogP contribution in [0.5, 0.6) is 17.6 Å². The number of hydrogen-bond donors (Lipinski definition) is 2. The molecule has 5 aromatic rings. The number of Topliss-reactive ketones (excluding diaryl/α,β-unsaturated/α-hetero) is 1. The van der Waals surface area contributed by atoms with Crippen molar-refractivity contribution in [2.45, 2.75) is 89.6 Å². The Kier molecular flexibility index (Phi) is 12.9. The van der Waals surface area contributed by atoms with E-state index in [1.165, 1.54) is 0 Å². The topological polar surface area (TPSA) is 147 Å². The van der Waals surface area contributed by atoms with E-state index in [2.05, 4.69) is 28.4 Å². The van der Waals surface area contributed by atoms with E-state index in [0.29, 0.717) is 113 Å². The van der Waals surface area contributed by atoms with Crippen LogP contribution in [0.4, 0.5) is 0 Å². The van der Waals surface area contributed by atoms with Gasteiger partial charge in [-0.1, -0.05) is 77.3 Å². The molecule has 2 saturated heterocycles. The van der Waals surface area contributed by atoms with Crippen LogP contribution < -0.4 is 19.5 Å². The van der Waals surface area contributed by atoms with Crippen molar-refractivity contribution in [1.82, 2.24) is 20.2 Å². The van der Waals surface area contributed by atoms with Crippen molar-refractivity contribution in [1.29, 1.82) is 5.26 Å². The van der Waals surface area contributed by atoms with Gasteiger partial charge in [0.1, 0.15) is 23.5 Å². The van der Waals surface area contributed by atoms with Crippen LogP contribution in [-0.4, -0.2) is 58.0 Å². The highest BCUT2D eigenvalue weighted by atomic mass is 35.5. The predicted molar refractivity (Wildman–Crippen MR) is 245 cm³/mol. The molecule has 0 amide bonds. The summed E-state index contributed by atoms with van der Waals surface area (Å²) in [4.78, 5) is 36.1. The molecule has 2 bridgehead atoms. The van der Waals surface area contributed by atoms with Crippen molar-refractivity contribution >= 4 is 46.6 Å². The Balaban J connectivity index is 0.964. The van der Waals surface area contributed by atoms with E-state index >= 15 is 0 Å². The van der Waals surface area contributed by atoms with Crippen LogP contribution in [-0.2, 0) is 35.7 Å². The lowest BCUT2D eigenvalue weighted by atomic mass is 9.67. The number of nitriles is 1. The number of benzene rings is 3. The summed E-state index contributed by atoms with van der Waals surface area (Å²) in [5.41, 5.74) is 7.47. The molecular formula is C50H48Cl3N5O6. The molecule has 3 aromatic carbocycles. The molecule has 0 unspecified atom stereocenters. The lowest BCUT2D eigenvalue weighted by Gasteiger charge is -2.50. The number of halogens is 3. The molecule has 2 N–H and O–H groups in total. The molecule has 330 valence electrons. The fraction of sp³-hybridized carbons (Fsp3) is 0.380. The number of aliphatic carboxylic acids is 1. The van der Waals surface area contributed by atoms with Crippen LogP contribution in [0.2, 0.25) is 15.1 Å². The number of ether oxygens (including phenoxy) is 3. The Labute approximate surface area is 387 Å². The van der Waals surface area contributed by atoms with Gasteiger partial charge in [0, 0.05) is 65.8 Å². The molecule has 2 aromatic heterocycles. The molecule has 4 fully saturated rings. The Hall–Kier alpha value is -5.22. The molecule has 10 rings (SSSR count). The zero-order chi connectivity index (χ0) is 44.5. The number of pyridine rings is 2. The molecule has 0 spiro atoms. The first kappa shape index (κ1) is 44.0. The third-order valence-electron chi connectivity index (χ3n) is 13.5. The van der Waals surface area contributed by atoms with Gasteiger partial charge in [-0.15, -0.1) is 0 Å². The first-order valence-corrected chi connectivity index (χ1v) is 23.0. The van der Waals surface area contributed by atoms with Crippen molar-refractivity contribution in [3.63, 3.8) is 0 Å². The Morgan fingerprint density at radius 2 is 1.72 bits per heavy atom. The van der Waals surface area contributed by atoms with E-state index in [4.69, 9.17) is 59.0 Å². The summed E-state index contributed by atoms with van der Waals surface area (Å²) in [7, 11) is 1.61. The van der Waals surface area contributed by atoms with Crippen LogP contribution in [0.3, 0.4) is 0 Å². The molecule has 5 aliphatic rings. The maximum absolute atomic E-state index is 12.4. The highest BCUT2D eigenvalue weighted by molar-refractivity contribution is 6.36. The predicted octanol–water partition coefficient (Wildman–Crippen LogP) is 10.6. The maximum atomic E-state index is 12.4. The zero-order valence-electron chi connectivity index (χ0n) is 35.5. The van der Waals surface area contributed by atoms with Crippen molar-refractivity contribution in [3.05, 3.63) is 121 Å². The molecule has 4 heterocycles. The molecule has 2 saturated carbocycles. The third kappa shape index (κ3) is 9.04. The Bertz CT molecular complexity index is 2660. The number of rotatable bonds is 15. The minimum atomic E-state index is -0.766. The van der Waals surface area contributed by atoms with Gasteiger partial charge in [-0.3, -0.25) is 14.5 Å². The lowest BCUT2D eigenvalue weighted by Crippen LogP contribution is -2.56. The fourth-order valence-electron chi connectivity index (χ4n) is 10.1. The summed E-state index contributed by atoms with van der Waals surface area (Å²) < 4.78 is 18.8. The van der Waals surface area contributed by atoms with Gasteiger partial charge in [-0.25, -0.2) is 4.98 Å². The van der Waals surface area contributed by atoms with E-state index in [0.717, 1.165) is 65.6 Å². The number of carboxylic acids is 1. The minimum Gasteiger partial charge on any atom is -0.481 e. The zero-order valence-corrected chi connectivity index (χ0v) is 37.7. The third-order valence-corrected chi connectivity index (χ3v) is 14.4. The van der Waals surface area contributed by atoms with Crippen LogP contribution in [0, 0.1) is 22.7 Å². The number of nitrogens with zero attached hydrogens (tertiary/aromatic N) is 4. The van der Waals surface area contributed by atoms with E-state index in [1.807, 2.05) is 42.5 Å². The normalized spacial score (nSPS) is 21.4. The van der Waals surface area contributed by atoms with Gasteiger partial charge in [0.05, 0.1) is 34.9 Å². The number of fused-ring (bicyclic) bond motifs is 4. The fourth-order valence-corrected chi connectivity index (χ4v) is 10.9. The Morgan fingerprint density at radius 1 is 0.922 bits per heavy atom. The number of piperidine rings is 2. The van der Waals surface area contributed by atoms with Gasteiger partial charge in [-0.05, 0) is 110 Å².